The smallest absolute Gasteiger partial charge is 0.157 e. The van der Waals surface area contributed by atoms with Crippen molar-refractivity contribution < 1.29 is 0 Å². The van der Waals surface area contributed by atoms with E-state index in [1.807, 2.05) is 11.8 Å². The zero-order valence-corrected chi connectivity index (χ0v) is 12.6. The van der Waals surface area contributed by atoms with Crippen LogP contribution in [0.2, 0.25) is 0 Å². The Hall–Kier alpha value is -0.180. The van der Waals surface area contributed by atoms with Gasteiger partial charge in [0, 0.05) is 11.8 Å². The third-order valence-electron chi connectivity index (χ3n) is 3.30. The quantitative estimate of drug-likeness (QED) is 0.695. The van der Waals surface area contributed by atoms with Crippen LogP contribution in [-0.4, -0.2) is 23.0 Å². The van der Waals surface area contributed by atoms with E-state index >= 15 is 0 Å². The van der Waals surface area contributed by atoms with Crippen LogP contribution in [0.5, 0.6) is 0 Å². The number of aliphatic imine (C=N–C) groups is 1. The standard InChI is InChI=1S/C14H28N2S/c1-5-6-7-8-9-12(4)15-14-16-13(10-17-14)11(2)3/h11-13H,5-10H2,1-4H3,(H,15,16)/t12?,13-/m1/s1. The van der Waals surface area contributed by atoms with Gasteiger partial charge in [-0.1, -0.05) is 58.2 Å². The average Bonchev–Trinajstić information content (AvgIpc) is 2.73. The minimum atomic E-state index is 0.523. The summed E-state index contributed by atoms with van der Waals surface area (Å²) < 4.78 is 0. The molecule has 17 heavy (non-hydrogen) atoms. The maximum absolute atomic E-state index is 4.74. The molecule has 0 saturated heterocycles. The van der Waals surface area contributed by atoms with Crippen molar-refractivity contribution in [1.82, 2.24) is 5.32 Å². The molecule has 0 amide bonds. The van der Waals surface area contributed by atoms with Gasteiger partial charge < -0.3 is 5.32 Å². The van der Waals surface area contributed by atoms with Gasteiger partial charge in [-0.2, -0.15) is 0 Å². The molecule has 3 heteroatoms. The molecular weight excluding hydrogens is 228 g/mol. The van der Waals surface area contributed by atoms with Gasteiger partial charge in [-0.3, -0.25) is 4.99 Å². The maximum atomic E-state index is 4.74. The Morgan fingerprint density at radius 1 is 1.29 bits per heavy atom. The molecular formula is C14H28N2S. The summed E-state index contributed by atoms with van der Waals surface area (Å²) in [6.07, 6.45) is 6.68. The normalized spacial score (nSPS) is 21.7. The summed E-state index contributed by atoms with van der Waals surface area (Å²) in [5.74, 6) is 1.82. The van der Waals surface area contributed by atoms with Crippen LogP contribution in [0.1, 0.15) is 59.8 Å². The van der Waals surface area contributed by atoms with E-state index in [9.17, 15) is 0 Å². The van der Waals surface area contributed by atoms with Crippen LogP contribution >= 0.6 is 11.8 Å². The Morgan fingerprint density at radius 2 is 2.06 bits per heavy atom. The first-order chi connectivity index (χ1) is 8.13. The van der Waals surface area contributed by atoms with E-state index in [4.69, 9.17) is 4.99 Å². The van der Waals surface area contributed by atoms with Crippen molar-refractivity contribution in [3.8, 4) is 0 Å². The first kappa shape index (κ1) is 14.9. The molecule has 0 bridgehead atoms. The van der Waals surface area contributed by atoms with Gasteiger partial charge in [0.25, 0.3) is 0 Å². The van der Waals surface area contributed by atoms with E-state index in [0.29, 0.717) is 18.0 Å². The summed E-state index contributed by atoms with van der Waals surface area (Å²) in [6.45, 7) is 9.05. The lowest BCUT2D eigenvalue weighted by atomic mass is 10.1. The molecule has 0 fully saturated rings. The second-order valence-corrected chi connectivity index (χ2v) is 6.46. The van der Waals surface area contributed by atoms with Gasteiger partial charge >= 0.3 is 0 Å². The third-order valence-corrected chi connectivity index (χ3v) is 4.31. The van der Waals surface area contributed by atoms with Crippen molar-refractivity contribution in [3.63, 3.8) is 0 Å². The summed E-state index contributed by atoms with van der Waals surface area (Å²) in [7, 11) is 0. The molecule has 1 heterocycles. The van der Waals surface area contributed by atoms with E-state index in [1.165, 1.54) is 37.3 Å². The van der Waals surface area contributed by atoms with Crippen LogP contribution in [0.3, 0.4) is 0 Å². The van der Waals surface area contributed by atoms with Gasteiger partial charge in [0.15, 0.2) is 5.17 Å². The van der Waals surface area contributed by atoms with Crippen LogP contribution in [0, 0.1) is 5.92 Å². The summed E-state index contributed by atoms with van der Waals surface area (Å²) >= 11 is 1.89. The van der Waals surface area contributed by atoms with Crippen molar-refractivity contribution in [2.45, 2.75) is 71.9 Å². The summed E-state index contributed by atoms with van der Waals surface area (Å²) in [6, 6.07) is 1.10. The lowest BCUT2D eigenvalue weighted by Crippen LogP contribution is -2.29. The predicted octanol–water partition coefficient (Wildman–Crippen LogP) is 4.06. The highest BCUT2D eigenvalue weighted by molar-refractivity contribution is 8.14. The number of nitrogens with zero attached hydrogens (tertiary/aromatic N) is 1. The van der Waals surface area contributed by atoms with E-state index in [1.54, 1.807) is 0 Å². The second-order valence-electron chi connectivity index (χ2n) is 5.45. The van der Waals surface area contributed by atoms with Crippen LogP contribution in [0.25, 0.3) is 0 Å². The zero-order valence-electron chi connectivity index (χ0n) is 11.8. The molecule has 0 aromatic rings. The fraction of sp³-hybridized carbons (Fsp3) is 0.929. The van der Waals surface area contributed by atoms with E-state index < -0.39 is 0 Å². The third kappa shape index (κ3) is 5.80. The molecule has 1 aliphatic heterocycles. The fourth-order valence-corrected chi connectivity index (χ4v) is 3.25. The highest BCUT2D eigenvalue weighted by Gasteiger charge is 2.21. The molecule has 1 rings (SSSR count). The highest BCUT2D eigenvalue weighted by Crippen LogP contribution is 2.22. The Kier molecular flexibility index (Phi) is 7.02. The fourth-order valence-electron chi connectivity index (χ4n) is 1.97. The van der Waals surface area contributed by atoms with Gasteiger partial charge in [0.1, 0.15) is 0 Å². The SMILES string of the molecule is CCCCCCC(C)NC1=N[C@@H](C(C)C)CS1. The van der Waals surface area contributed by atoms with Gasteiger partial charge in [0.05, 0.1) is 6.04 Å². The van der Waals surface area contributed by atoms with Crippen LogP contribution in [0.4, 0.5) is 0 Å². The topological polar surface area (TPSA) is 24.4 Å². The Bertz CT molecular complexity index is 238. The molecule has 1 unspecified atom stereocenters. The second kappa shape index (κ2) is 8.02. The number of amidine groups is 1. The first-order valence-corrected chi connectivity index (χ1v) is 8.09. The van der Waals surface area contributed by atoms with Crippen molar-refractivity contribution >= 4 is 16.9 Å². The Labute approximate surface area is 111 Å². The Morgan fingerprint density at radius 3 is 2.65 bits per heavy atom. The number of thioether (sulfide) groups is 1. The molecule has 1 N–H and O–H groups in total. The number of rotatable bonds is 7. The van der Waals surface area contributed by atoms with Gasteiger partial charge in [-0.05, 0) is 19.3 Å². The minimum Gasteiger partial charge on any atom is -0.362 e. The molecule has 0 radical (unpaired) electrons. The Balaban J connectivity index is 2.18. The maximum Gasteiger partial charge on any atom is 0.157 e. The first-order valence-electron chi connectivity index (χ1n) is 7.10. The van der Waals surface area contributed by atoms with Crippen molar-refractivity contribution in [2.75, 3.05) is 5.75 Å². The molecule has 0 aromatic heterocycles. The number of hydrogen-bond acceptors (Lipinski definition) is 3. The molecule has 0 saturated carbocycles. The van der Waals surface area contributed by atoms with Gasteiger partial charge in [-0.25, -0.2) is 0 Å². The molecule has 2 atom stereocenters. The summed E-state index contributed by atoms with van der Waals surface area (Å²) in [5, 5.41) is 4.73. The minimum absolute atomic E-state index is 0.523. The number of nitrogens with one attached hydrogen (secondary N) is 1. The van der Waals surface area contributed by atoms with Crippen LogP contribution in [0.15, 0.2) is 4.99 Å². The average molecular weight is 256 g/mol. The van der Waals surface area contributed by atoms with E-state index in [0.717, 1.165) is 5.75 Å². The van der Waals surface area contributed by atoms with Crippen LogP contribution in [-0.2, 0) is 0 Å². The molecule has 1 aliphatic rings. The van der Waals surface area contributed by atoms with E-state index in [2.05, 4.69) is 33.0 Å². The summed E-state index contributed by atoms with van der Waals surface area (Å²) in [5.41, 5.74) is 0. The monoisotopic (exact) mass is 256 g/mol. The number of unbranched alkanes of at least 4 members (excludes halogenated alkanes) is 3. The largest absolute Gasteiger partial charge is 0.362 e. The van der Waals surface area contributed by atoms with E-state index in [-0.39, 0.29) is 0 Å². The molecule has 0 aliphatic carbocycles. The lowest BCUT2D eigenvalue weighted by Gasteiger charge is -2.14. The van der Waals surface area contributed by atoms with Crippen molar-refractivity contribution in [3.05, 3.63) is 0 Å². The number of hydrogen-bond donors (Lipinski definition) is 1. The molecule has 2 nitrogen and oxygen atoms in total. The van der Waals surface area contributed by atoms with Gasteiger partial charge in [0.2, 0.25) is 0 Å². The molecule has 0 spiro atoms. The lowest BCUT2D eigenvalue weighted by molar-refractivity contribution is 0.531. The van der Waals surface area contributed by atoms with Crippen molar-refractivity contribution in [2.24, 2.45) is 10.9 Å². The predicted molar refractivity (Wildman–Crippen MR) is 79.9 cm³/mol. The molecule has 100 valence electrons. The van der Waals surface area contributed by atoms with Crippen LogP contribution < -0.4 is 5.32 Å². The highest BCUT2D eigenvalue weighted by atomic mass is 32.2. The zero-order chi connectivity index (χ0) is 12.7. The van der Waals surface area contributed by atoms with Crippen molar-refractivity contribution in [1.29, 1.82) is 0 Å². The van der Waals surface area contributed by atoms with Gasteiger partial charge in [-0.15, -0.1) is 0 Å². The molecule has 0 aromatic carbocycles. The summed E-state index contributed by atoms with van der Waals surface area (Å²) in [4.78, 5) is 4.74.